The van der Waals surface area contributed by atoms with Crippen molar-refractivity contribution in [3.05, 3.63) is 22.4 Å². The molecule has 0 spiro atoms. The summed E-state index contributed by atoms with van der Waals surface area (Å²) in [6.07, 6.45) is 0.925. The third kappa shape index (κ3) is 3.37. The molecule has 1 fully saturated rings. The maximum atomic E-state index is 12.4. The second-order valence-electron chi connectivity index (χ2n) is 6.33. The zero-order chi connectivity index (χ0) is 15.7. The van der Waals surface area contributed by atoms with E-state index in [0.29, 0.717) is 25.8 Å². The molecule has 0 saturated carbocycles. The van der Waals surface area contributed by atoms with Crippen LogP contribution in [-0.2, 0) is 16.0 Å². The van der Waals surface area contributed by atoms with Crippen LogP contribution in [0.4, 0.5) is 4.79 Å². The predicted molar refractivity (Wildman–Crippen MR) is 80.6 cm³/mol. The zero-order valence-electron chi connectivity index (χ0n) is 12.6. The summed E-state index contributed by atoms with van der Waals surface area (Å²) in [4.78, 5) is 26.6. The van der Waals surface area contributed by atoms with Crippen LogP contribution in [0.3, 0.4) is 0 Å². The minimum absolute atomic E-state index is 0.333. The van der Waals surface area contributed by atoms with Crippen LogP contribution in [0.1, 0.15) is 38.5 Å². The fourth-order valence-electron chi connectivity index (χ4n) is 2.64. The highest BCUT2D eigenvalue weighted by molar-refractivity contribution is 7.09. The van der Waals surface area contributed by atoms with Gasteiger partial charge in [-0.1, -0.05) is 6.07 Å². The van der Waals surface area contributed by atoms with Crippen molar-refractivity contribution >= 4 is 23.4 Å². The Bertz CT molecular complexity index is 520. The molecule has 0 radical (unpaired) electrons. The number of thiophene rings is 1. The summed E-state index contributed by atoms with van der Waals surface area (Å²) < 4.78 is 5.37. The Morgan fingerprint density at radius 2 is 2.19 bits per heavy atom. The Morgan fingerprint density at radius 3 is 2.71 bits per heavy atom. The number of carboxylic acids is 1. The fourth-order valence-corrected chi connectivity index (χ4v) is 3.46. The summed E-state index contributed by atoms with van der Waals surface area (Å²) in [6, 6.07) is 3.79. The molecule has 1 aliphatic rings. The maximum Gasteiger partial charge on any atom is 0.411 e. The molecule has 1 N–H and O–H groups in total. The molecular formula is C15H21NO4S. The summed E-state index contributed by atoms with van der Waals surface area (Å²) in [7, 11) is 0. The summed E-state index contributed by atoms with van der Waals surface area (Å²) >= 11 is 1.51. The number of rotatable bonds is 3. The minimum atomic E-state index is -1.19. The number of aliphatic carboxylic acids is 1. The number of amides is 1. The third-order valence-electron chi connectivity index (χ3n) is 3.55. The van der Waals surface area contributed by atoms with Crippen LogP contribution in [-0.4, -0.2) is 39.8 Å². The monoisotopic (exact) mass is 311 g/mol. The van der Waals surface area contributed by atoms with E-state index in [0.717, 1.165) is 4.88 Å². The zero-order valence-corrected chi connectivity index (χ0v) is 13.4. The second-order valence-corrected chi connectivity index (χ2v) is 7.36. The number of ether oxygens (including phenoxy) is 1. The van der Waals surface area contributed by atoms with Crippen molar-refractivity contribution in [3.8, 4) is 0 Å². The SMILES string of the molecule is CC(C)(C)OC(=O)N1CCC[C@]1(Cc1cccs1)C(=O)O. The van der Waals surface area contributed by atoms with E-state index in [1.165, 1.54) is 16.2 Å². The molecule has 0 aliphatic carbocycles. The van der Waals surface area contributed by atoms with Gasteiger partial charge < -0.3 is 9.84 Å². The van der Waals surface area contributed by atoms with Crippen molar-refractivity contribution in [2.45, 2.75) is 51.2 Å². The van der Waals surface area contributed by atoms with Crippen molar-refractivity contribution in [1.82, 2.24) is 4.90 Å². The van der Waals surface area contributed by atoms with Crippen LogP contribution < -0.4 is 0 Å². The Balaban J connectivity index is 2.26. The first kappa shape index (κ1) is 15.8. The number of hydrogen-bond donors (Lipinski definition) is 1. The summed E-state index contributed by atoms with van der Waals surface area (Å²) in [5.74, 6) is -0.959. The van der Waals surface area contributed by atoms with Gasteiger partial charge in [-0.25, -0.2) is 9.59 Å². The number of carbonyl (C=O) groups excluding carboxylic acids is 1. The molecule has 5 nitrogen and oxygen atoms in total. The molecule has 0 bridgehead atoms. The van der Waals surface area contributed by atoms with Crippen molar-refractivity contribution in [1.29, 1.82) is 0 Å². The molecule has 6 heteroatoms. The summed E-state index contributed by atoms with van der Waals surface area (Å²) in [6.45, 7) is 5.76. The molecule has 2 heterocycles. The molecular weight excluding hydrogens is 290 g/mol. The summed E-state index contributed by atoms with van der Waals surface area (Å²) in [5, 5.41) is 11.6. The topological polar surface area (TPSA) is 66.8 Å². The fraction of sp³-hybridized carbons (Fsp3) is 0.600. The normalized spacial score (nSPS) is 22.3. The lowest BCUT2D eigenvalue weighted by Crippen LogP contribution is -2.55. The van der Waals surface area contributed by atoms with Crippen molar-refractivity contribution in [3.63, 3.8) is 0 Å². The molecule has 21 heavy (non-hydrogen) atoms. The molecule has 0 unspecified atom stereocenters. The van der Waals surface area contributed by atoms with Crippen LogP contribution in [0.25, 0.3) is 0 Å². The first-order valence-electron chi connectivity index (χ1n) is 7.01. The number of nitrogens with zero attached hydrogens (tertiary/aromatic N) is 1. The molecule has 1 atom stereocenters. The van der Waals surface area contributed by atoms with Gasteiger partial charge in [0.15, 0.2) is 0 Å². The summed E-state index contributed by atoms with van der Waals surface area (Å²) in [5.41, 5.74) is -1.82. The van der Waals surface area contributed by atoms with Gasteiger partial charge in [-0.3, -0.25) is 4.90 Å². The van der Waals surface area contributed by atoms with Crippen molar-refractivity contribution in [2.75, 3.05) is 6.54 Å². The number of likely N-dealkylation sites (tertiary alicyclic amines) is 1. The Kier molecular flexibility index (Phi) is 4.27. The van der Waals surface area contributed by atoms with E-state index in [4.69, 9.17) is 4.74 Å². The highest BCUT2D eigenvalue weighted by Crippen LogP contribution is 2.35. The van der Waals surface area contributed by atoms with Crippen molar-refractivity contribution < 1.29 is 19.4 Å². The number of hydrogen-bond acceptors (Lipinski definition) is 4. The van der Waals surface area contributed by atoms with Crippen LogP contribution in [0.5, 0.6) is 0 Å². The highest BCUT2D eigenvalue weighted by atomic mass is 32.1. The van der Waals surface area contributed by atoms with Gasteiger partial charge in [0, 0.05) is 17.8 Å². The third-order valence-corrected chi connectivity index (χ3v) is 4.42. The average molecular weight is 311 g/mol. The van der Waals surface area contributed by atoms with Gasteiger partial charge in [0.25, 0.3) is 0 Å². The van der Waals surface area contributed by atoms with Crippen LogP contribution in [0, 0.1) is 0 Å². The standard InChI is InChI=1S/C15H21NO4S/c1-14(2,3)20-13(19)16-8-5-7-15(16,12(17)18)10-11-6-4-9-21-11/h4,6,9H,5,7-8,10H2,1-3H3,(H,17,18)/t15-/m0/s1. The average Bonchev–Trinajstić information content (AvgIpc) is 2.96. The van der Waals surface area contributed by atoms with Crippen molar-refractivity contribution in [2.24, 2.45) is 0 Å². The van der Waals surface area contributed by atoms with Gasteiger partial charge >= 0.3 is 12.1 Å². The van der Waals surface area contributed by atoms with Crippen LogP contribution >= 0.6 is 11.3 Å². The number of carboxylic acid groups (broad SMARTS) is 1. The van der Waals surface area contributed by atoms with E-state index in [2.05, 4.69) is 0 Å². The lowest BCUT2D eigenvalue weighted by Gasteiger charge is -2.35. The maximum absolute atomic E-state index is 12.4. The Labute approximate surface area is 128 Å². The molecule has 116 valence electrons. The molecule has 1 saturated heterocycles. The molecule has 0 aromatic carbocycles. The van der Waals surface area contributed by atoms with E-state index >= 15 is 0 Å². The van der Waals surface area contributed by atoms with Crippen LogP contribution in [0.2, 0.25) is 0 Å². The second kappa shape index (κ2) is 5.67. The van der Waals surface area contributed by atoms with Gasteiger partial charge in [-0.15, -0.1) is 11.3 Å². The highest BCUT2D eigenvalue weighted by Gasteiger charge is 2.51. The minimum Gasteiger partial charge on any atom is -0.479 e. The van der Waals surface area contributed by atoms with Gasteiger partial charge in [-0.2, -0.15) is 0 Å². The van der Waals surface area contributed by atoms with Gasteiger partial charge in [0.1, 0.15) is 11.1 Å². The van der Waals surface area contributed by atoms with E-state index in [-0.39, 0.29) is 0 Å². The molecule has 2 rings (SSSR count). The first-order chi connectivity index (χ1) is 9.74. The smallest absolute Gasteiger partial charge is 0.411 e. The Morgan fingerprint density at radius 1 is 1.48 bits per heavy atom. The van der Waals surface area contributed by atoms with Gasteiger partial charge in [0.2, 0.25) is 0 Å². The quantitative estimate of drug-likeness (QED) is 0.931. The molecule has 1 aromatic rings. The number of carbonyl (C=O) groups is 2. The molecule has 1 aliphatic heterocycles. The first-order valence-corrected chi connectivity index (χ1v) is 7.89. The lowest BCUT2D eigenvalue weighted by atomic mass is 9.91. The molecule has 1 amide bonds. The van der Waals surface area contributed by atoms with E-state index in [9.17, 15) is 14.7 Å². The largest absolute Gasteiger partial charge is 0.479 e. The Hall–Kier alpha value is -1.56. The van der Waals surface area contributed by atoms with Gasteiger partial charge in [0.05, 0.1) is 0 Å². The lowest BCUT2D eigenvalue weighted by molar-refractivity contribution is -0.149. The van der Waals surface area contributed by atoms with Gasteiger partial charge in [-0.05, 0) is 45.1 Å². The predicted octanol–water partition coefficient (Wildman–Crippen LogP) is 3.14. The van der Waals surface area contributed by atoms with E-state index in [1.54, 1.807) is 20.8 Å². The molecule has 1 aromatic heterocycles. The van der Waals surface area contributed by atoms with E-state index in [1.807, 2.05) is 17.5 Å². The van der Waals surface area contributed by atoms with E-state index < -0.39 is 23.2 Å². The van der Waals surface area contributed by atoms with Crippen LogP contribution in [0.15, 0.2) is 17.5 Å².